The molecule has 13 heavy (non-hydrogen) atoms. The van der Waals surface area contributed by atoms with Crippen molar-refractivity contribution < 1.29 is 4.52 Å². The zero-order valence-electron chi connectivity index (χ0n) is 7.91. The van der Waals surface area contributed by atoms with Crippen LogP contribution in [0.3, 0.4) is 0 Å². The molecule has 73 valence electrons. The summed E-state index contributed by atoms with van der Waals surface area (Å²) in [6.45, 7) is 4.19. The van der Waals surface area contributed by atoms with Crippen molar-refractivity contribution in [1.82, 2.24) is 9.99 Å². The summed E-state index contributed by atoms with van der Waals surface area (Å²) in [7, 11) is 1.35. The van der Waals surface area contributed by atoms with Crippen LogP contribution >= 0.6 is 20.5 Å². The van der Waals surface area contributed by atoms with Crippen LogP contribution in [0.2, 0.25) is 0 Å². The summed E-state index contributed by atoms with van der Waals surface area (Å²) in [5.41, 5.74) is 0. The zero-order chi connectivity index (χ0) is 9.84. The van der Waals surface area contributed by atoms with Gasteiger partial charge in [-0.25, -0.2) is 0 Å². The van der Waals surface area contributed by atoms with E-state index in [0.29, 0.717) is 3.22 Å². The molecular formula is C7H14N2OPPbS. The topological polar surface area (TPSA) is 24.5 Å². The Morgan fingerprint density at radius 3 is 3.08 bits per heavy atom. The van der Waals surface area contributed by atoms with Gasteiger partial charge in [0.2, 0.25) is 0 Å². The summed E-state index contributed by atoms with van der Waals surface area (Å²) in [5.74, 6) is 0. The monoisotopic (exact) mass is 413 g/mol. The normalized spacial score (nSPS) is 28.8. The number of nitrogens with zero attached hydrogens (tertiary/aromatic N) is 1. The molecule has 0 spiro atoms. The average molecular weight is 412 g/mol. The number of thiocarbonyl (C=S) groups is 1. The number of nitrogens with one attached hydrogen (secondary N) is 1. The summed E-state index contributed by atoms with van der Waals surface area (Å²) in [4.78, 5) is 0. The third-order valence-electron chi connectivity index (χ3n) is 1.81. The quantitative estimate of drug-likeness (QED) is 0.425. The van der Waals surface area contributed by atoms with Crippen molar-refractivity contribution >= 4 is 51.4 Å². The molecule has 0 amide bonds. The van der Waals surface area contributed by atoms with Crippen LogP contribution < -0.4 is 5.32 Å². The fourth-order valence-corrected chi connectivity index (χ4v) is 6.60. The van der Waals surface area contributed by atoms with Crippen LogP contribution in [0.4, 0.5) is 0 Å². The van der Waals surface area contributed by atoms with E-state index in [1.54, 1.807) is 7.11 Å². The third kappa shape index (κ3) is 2.97. The van der Waals surface area contributed by atoms with E-state index in [0.717, 1.165) is 24.6 Å². The predicted molar refractivity (Wildman–Crippen MR) is 61.1 cm³/mol. The van der Waals surface area contributed by atoms with Gasteiger partial charge in [-0.15, -0.1) is 0 Å². The number of hydrogen-bond donors (Lipinski definition) is 1. The first-order valence-corrected chi connectivity index (χ1v) is 8.23. The molecule has 6 heteroatoms. The standard InChI is InChI=1S/C7H14N2OPS.Pb/c1-3-5-9-7(12)8-4-6-11(9)10-2;/h6H,3-5H2,1-2H3,(H,8,12);. The molecule has 0 aliphatic carbocycles. The van der Waals surface area contributed by atoms with Crippen LogP contribution in [0, 0.1) is 0 Å². The van der Waals surface area contributed by atoms with E-state index in [-0.39, 0.29) is 0 Å². The van der Waals surface area contributed by atoms with Gasteiger partial charge in [-0.3, -0.25) is 0 Å². The number of rotatable bonds is 3. The molecule has 0 saturated carbocycles. The second-order valence-electron chi connectivity index (χ2n) is 2.81. The molecule has 1 N–H and O–H groups in total. The molecule has 3 radical (unpaired) electrons. The molecule has 1 fully saturated rings. The third-order valence-corrected chi connectivity index (χ3v) is 7.64. The van der Waals surface area contributed by atoms with Gasteiger partial charge in [0.25, 0.3) is 0 Å². The molecule has 2 atom stereocenters. The first-order chi connectivity index (χ1) is 6.20. The molecule has 1 aliphatic heterocycles. The second-order valence-corrected chi connectivity index (χ2v) is 9.87. The average Bonchev–Trinajstić information content (AvgIpc) is 2.12. The van der Waals surface area contributed by atoms with Crippen molar-refractivity contribution in [3.8, 4) is 0 Å². The van der Waals surface area contributed by atoms with Crippen molar-refractivity contribution in [1.29, 1.82) is 0 Å². The van der Waals surface area contributed by atoms with Gasteiger partial charge in [0.15, 0.2) is 0 Å². The molecule has 1 rings (SSSR count). The molecule has 2 unspecified atom stereocenters. The summed E-state index contributed by atoms with van der Waals surface area (Å²) in [6, 6.07) is 0. The van der Waals surface area contributed by atoms with Crippen molar-refractivity contribution in [2.24, 2.45) is 0 Å². The minimum atomic E-state index is -0.448. The van der Waals surface area contributed by atoms with Crippen molar-refractivity contribution in [2.45, 2.75) is 16.6 Å². The Hall–Kier alpha value is 1.00. The minimum absolute atomic E-state index is 0.448. The Bertz CT molecular complexity index is 195. The molecule has 0 aromatic carbocycles. The molecule has 1 aliphatic rings. The zero-order valence-corrected chi connectivity index (χ0v) is 13.5. The summed E-state index contributed by atoms with van der Waals surface area (Å²) >= 11 is 6.43. The maximum absolute atomic E-state index is 5.54. The van der Waals surface area contributed by atoms with Crippen LogP contribution in [-0.4, -0.2) is 59.0 Å². The second kappa shape index (κ2) is 5.78. The van der Waals surface area contributed by atoms with E-state index in [9.17, 15) is 0 Å². The van der Waals surface area contributed by atoms with Crippen LogP contribution in [0.1, 0.15) is 13.3 Å². The Morgan fingerprint density at radius 2 is 2.54 bits per heavy atom. The fourth-order valence-electron chi connectivity index (χ4n) is 1.25. The Kier molecular flexibility index (Phi) is 5.37. The van der Waals surface area contributed by atoms with Gasteiger partial charge in [-0.1, -0.05) is 0 Å². The molecule has 0 aromatic heterocycles. The molecule has 1 heterocycles. The van der Waals surface area contributed by atoms with Crippen LogP contribution in [0.5, 0.6) is 0 Å². The first kappa shape index (κ1) is 12.1. The molecule has 1 saturated heterocycles. The van der Waals surface area contributed by atoms with Gasteiger partial charge in [0, 0.05) is 0 Å². The molecule has 3 nitrogen and oxygen atoms in total. The SMILES string of the molecule is CCCN1C(=S)NC[CH]([Pb])P1OC. The van der Waals surface area contributed by atoms with E-state index in [1.807, 2.05) is 0 Å². The van der Waals surface area contributed by atoms with Crippen molar-refractivity contribution in [3.63, 3.8) is 0 Å². The van der Waals surface area contributed by atoms with Gasteiger partial charge < -0.3 is 0 Å². The van der Waals surface area contributed by atoms with Crippen LogP contribution in [0.15, 0.2) is 0 Å². The van der Waals surface area contributed by atoms with E-state index in [1.165, 1.54) is 25.8 Å². The van der Waals surface area contributed by atoms with Crippen molar-refractivity contribution in [3.05, 3.63) is 0 Å². The molecule has 0 bridgehead atoms. The number of hydrogen-bond acceptors (Lipinski definition) is 2. The fraction of sp³-hybridized carbons (Fsp3) is 0.857. The van der Waals surface area contributed by atoms with E-state index >= 15 is 0 Å². The Morgan fingerprint density at radius 1 is 1.85 bits per heavy atom. The summed E-state index contributed by atoms with van der Waals surface area (Å²) in [5, 5.41) is 4.14. The van der Waals surface area contributed by atoms with Gasteiger partial charge in [-0.05, 0) is 0 Å². The summed E-state index contributed by atoms with van der Waals surface area (Å²) in [6.07, 6.45) is 1.12. The predicted octanol–water partition coefficient (Wildman–Crippen LogP) is 1.04. The Labute approximate surface area is 102 Å². The molecular weight excluding hydrogens is 398 g/mol. The van der Waals surface area contributed by atoms with Crippen LogP contribution in [0.25, 0.3) is 0 Å². The Balaban J connectivity index is 2.65. The maximum atomic E-state index is 5.54. The van der Waals surface area contributed by atoms with Crippen molar-refractivity contribution in [2.75, 3.05) is 20.2 Å². The van der Waals surface area contributed by atoms with E-state index in [4.69, 9.17) is 16.7 Å². The van der Waals surface area contributed by atoms with Gasteiger partial charge in [-0.2, -0.15) is 0 Å². The first-order valence-electron chi connectivity index (χ1n) is 4.30. The van der Waals surface area contributed by atoms with E-state index in [2.05, 4.69) is 16.9 Å². The van der Waals surface area contributed by atoms with E-state index < -0.39 is 8.30 Å². The van der Waals surface area contributed by atoms with Gasteiger partial charge in [0.1, 0.15) is 0 Å². The van der Waals surface area contributed by atoms with Gasteiger partial charge in [0.05, 0.1) is 0 Å². The van der Waals surface area contributed by atoms with Crippen LogP contribution in [-0.2, 0) is 4.52 Å². The molecule has 0 aromatic rings. The summed E-state index contributed by atoms with van der Waals surface area (Å²) < 4.78 is 8.46. The van der Waals surface area contributed by atoms with Gasteiger partial charge >= 0.3 is 103 Å².